The Labute approximate surface area is 89.7 Å². The zero-order valence-electron chi connectivity index (χ0n) is 8.85. The van der Waals surface area contributed by atoms with E-state index in [0.29, 0.717) is 5.56 Å². The minimum atomic E-state index is 0.631. The number of hydrogen-bond donors (Lipinski definition) is 0. The van der Waals surface area contributed by atoms with Crippen molar-refractivity contribution in [3.05, 3.63) is 24.0 Å². The van der Waals surface area contributed by atoms with Gasteiger partial charge in [0.25, 0.3) is 0 Å². The molecule has 1 aliphatic rings. The van der Waals surface area contributed by atoms with Gasteiger partial charge in [0.15, 0.2) is 0 Å². The van der Waals surface area contributed by atoms with Crippen molar-refractivity contribution in [2.75, 3.05) is 38.1 Å². The maximum absolute atomic E-state index is 8.79. The van der Waals surface area contributed by atoms with Gasteiger partial charge < -0.3 is 9.80 Å². The van der Waals surface area contributed by atoms with Crippen LogP contribution in [0.3, 0.4) is 0 Å². The Kier molecular flexibility index (Phi) is 2.84. The van der Waals surface area contributed by atoms with E-state index in [9.17, 15) is 0 Å². The van der Waals surface area contributed by atoms with Gasteiger partial charge in [0.1, 0.15) is 6.07 Å². The molecule has 1 saturated heterocycles. The average molecular weight is 202 g/mol. The Morgan fingerprint density at radius 1 is 1.27 bits per heavy atom. The van der Waals surface area contributed by atoms with Crippen LogP contribution < -0.4 is 4.90 Å². The summed E-state index contributed by atoms with van der Waals surface area (Å²) >= 11 is 0. The summed E-state index contributed by atoms with van der Waals surface area (Å²) in [5.41, 5.74) is 1.69. The molecule has 1 aromatic rings. The van der Waals surface area contributed by atoms with E-state index in [4.69, 9.17) is 5.26 Å². The number of nitriles is 1. The van der Waals surface area contributed by atoms with Crippen LogP contribution in [0.5, 0.6) is 0 Å². The Hall–Kier alpha value is -1.60. The van der Waals surface area contributed by atoms with Gasteiger partial charge in [0.2, 0.25) is 0 Å². The molecule has 0 amide bonds. The number of likely N-dealkylation sites (N-methyl/N-ethyl adjacent to an activating group) is 1. The van der Waals surface area contributed by atoms with Gasteiger partial charge in [-0.2, -0.15) is 5.26 Å². The molecule has 0 unspecified atom stereocenters. The molecule has 0 saturated carbocycles. The van der Waals surface area contributed by atoms with Crippen LogP contribution in [0.2, 0.25) is 0 Å². The van der Waals surface area contributed by atoms with Crippen molar-refractivity contribution in [1.29, 1.82) is 5.26 Å². The molecule has 0 bridgehead atoms. The third kappa shape index (κ3) is 2.25. The van der Waals surface area contributed by atoms with Crippen LogP contribution >= 0.6 is 0 Å². The summed E-state index contributed by atoms with van der Waals surface area (Å²) in [7, 11) is 2.13. The standard InChI is InChI=1S/C11H14N4/c1-14-2-4-15(5-3-14)11-6-10(7-12)8-13-9-11/h6,8-9H,2-5H2,1H3. The number of aromatic nitrogens is 1. The van der Waals surface area contributed by atoms with E-state index >= 15 is 0 Å². The van der Waals surface area contributed by atoms with E-state index in [1.165, 1.54) is 0 Å². The second-order valence-electron chi connectivity index (χ2n) is 3.83. The number of rotatable bonds is 1. The quantitative estimate of drug-likeness (QED) is 0.672. The summed E-state index contributed by atoms with van der Waals surface area (Å²) in [5.74, 6) is 0. The second kappa shape index (κ2) is 4.28. The van der Waals surface area contributed by atoms with Crippen LogP contribution in [0.4, 0.5) is 5.69 Å². The Balaban J connectivity index is 2.12. The zero-order valence-corrected chi connectivity index (χ0v) is 8.85. The SMILES string of the molecule is CN1CCN(c2cncc(C#N)c2)CC1. The van der Waals surface area contributed by atoms with Gasteiger partial charge in [-0.1, -0.05) is 0 Å². The van der Waals surface area contributed by atoms with Crippen molar-refractivity contribution >= 4 is 5.69 Å². The van der Waals surface area contributed by atoms with Crippen molar-refractivity contribution < 1.29 is 0 Å². The third-order valence-electron chi connectivity index (χ3n) is 2.72. The fourth-order valence-electron chi connectivity index (χ4n) is 1.73. The van der Waals surface area contributed by atoms with Crippen molar-refractivity contribution in [3.8, 4) is 6.07 Å². The summed E-state index contributed by atoms with van der Waals surface area (Å²) in [6.45, 7) is 4.15. The molecular formula is C11H14N4. The third-order valence-corrected chi connectivity index (χ3v) is 2.72. The van der Waals surface area contributed by atoms with Crippen LogP contribution in [-0.2, 0) is 0 Å². The first-order valence-electron chi connectivity index (χ1n) is 5.08. The monoisotopic (exact) mass is 202 g/mol. The molecule has 0 N–H and O–H groups in total. The molecule has 1 aliphatic heterocycles. The van der Waals surface area contributed by atoms with Gasteiger partial charge in [-0.3, -0.25) is 4.98 Å². The first kappa shape index (κ1) is 9.94. The van der Waals surface area contributed by atoms with Gasteiger partial charge in [-0.25, -0.2) is 0 Å². The summed E-state index contributed by atoms with van der Waals surface area (Å²) < 4.78 is 0. The Morgan fingerprint density at radius 2 is 2.00 bits per heavy atom. The maximum atomic E-state index is 8.79. The van der Waals surface area contributed by atoms with E-state index in [1.54, 1.807) is 6.20 Å². The summed E-state index contributed by atoms with van der Waals surface area (Å²) in [6.07, 6.45) is 3.42. The van der Waals surface area contributed by atoms with Crippen LogP contribution in [0.15, 0.2) is 18.5 Å². The summed E-state index contributed by atoms with van der Waals surface area (Å²) in [5, 5.41) is 8.79. The van der Waals surface area contributed by atoms with Crippen molar-refractivity contribution in [1.82, 2.24) is 9.88 Å². The number of anilines is 1. The van der Waals surface area contributed by atoms with Crippen LogP contribution in [0.1, 0.15) is 5.56 Å². The van der Waals surface area contributed by atoms with E-state index in [2.05, 4.69) is 27.9 Å². The number of hydrogen-bond acceptors (Lipinski definition) is 4. The van der Waals surface area contributed by atoms with Crippen molar-refractivity contribution in [3.63, 3.8) is 0 Å². The van der Waals surface area contributed by atoms with Crippen molar-refractivity contribution in [2.45, 2.75) is 0 Å². The lowest BCUT2D eigenvalue weighted by Gasteiger charge is -2.33. The van der Waals surface area contributed by atoms with Gasteiger partial charge >= 0.3 is 0 Å². The molecule has 2 heterocycles. The molecule has 0 atom stereocenters. The Morgan fingerprint density at radius 3 is 2.67 bits per heavy atom. The molecule has 0 aromatic carbocycles. The van der Waals surface area contributed by atoms with Gasteiger partial charge in [0, 0.05) is 32.4 Å². The summed E-state index contributed by atoms with van der Waals surface area (Å²) in [4.78, 5) is 8.65. The predicted molar refractivity (Wildman–Crippen MR) is 58.7 cm³/mol. The highest BCUT2D eigenvalue weighted by molar-refractivity contribution is 5.49. The lowest BCUT2D eigenvalue weighted by atomic mass is 10.2. The number of nitrogens with zero attached hydrogens (tertiary/aromatic N) is 4. The zero-order chi connectivity index (χ0) is 10.7. The topological polar surface area (TPSA) is 43.2 Å². The molecule has 1 aromatic heterocycles. The highest BCUT2D eigenvalue weighted by Crippen LogP contribution is 2.15. The molecule has 4 nitrogen and oxygen atoms in total. The highest BCUT2D eigenvalue weighted by atomic mass is 15.2. The molecule has 4 heteroatoms. The van der Waals surface area contributed by atoms with E-state index < -0.39 is 0 Å². The molecule has 0 spiro atoms. The maximum Gasteiger partial charge on any atom is 0.101 e. The van der Waals surface area contributed by atoms with E-state index in [0.717, 1.165) is 31.9 Å². The average Bonchev–Trinajstić information content (AvgIpc) is 2.30. The molecule has 78 valence electrons. The lowest BCUT2D eigenvalue weighted by Crippen LogP contribution is -2.44. The molecule has 0 aliphatic carbocycles. The van der Waals surface area contributed by atoms with E-state index in [-0.39, 0.29) is 0 Å². The minimum absolute atomic E-state index is 0.631. The lowest BCUT2D eigenvalue weighted by molar-refractivity contribution is 0.313. The first-order chi connectivity index (χ1) is 7.29. The second-order valence-corrected chi connectivity index (χ2v) is 3.83. The largest absolute Gasteiger partial charge is 0.368 e. The molecule has 2 rings (SSSR count). The predicted octanol–water partition coefficient (Wildman–Crippen LogP) is 0.705. The molecule has 1 fully saturated rings. The van der Waals surface area contributed by atoms with Crippen LogP contribution in [0, 0.1) is 11.3 Å². The minimum Gasteiger partial charge on any atom is -0.368 e. The Bertz CT molecular complexity index is 374. The molecule has 0 radical (unpaired) electrons. The highest BCUT2D eigenvalue weighted by Gasteiger charge is 2.14. The summed E-state index contributed by atoms with van der Waals surface area (Å²) in [6, 6.07) is 4.02. The fourth-order valence-corrected chi connectivity index (χ4v) is 1.73. The van der Waals surface area contributed by atoms with Crippen LogP contribution in [-0.4, -0.2) is 43.1 Å². The smallest absolute Gasteiger partial charge is 0.101 e. The van der Waals surface area contributed by atoms with Gasteiger partial charge in [0.05, 0.1) is 17.4 Å². The van der Waals surface area contributed by atoms with Gasteiger partial charge in [-0.15, -0.1) is 0 Å². The van der Waals surface area contributed by atoms with E-state index in [1.807, 2.05) is 12.3 Å². The number of piperazine rings is 1. The molecular weight excluding hydrogens is 188 g/mol. The number of pyridine rings is 1. The van der Waals surface area contributed by atoms with Gasteiger partial charge in [-0.05, 0) is 13.1 Å². The normalized spacial score (nSPS) is 17.5. The molecule has 15 heavy (non-hydrogen) atoms. The van der Waals surface area contributed by atoms with Crippen LogP contribution in [0.25, 0.3) is 0 Å². The first-order valence-corrected chi connectivity index (χ1v) is 5.08. The fraction of sp³-hybridized carbons (Fsp3) is 0.455. The van der Waals surface area contributed by atoms with Crippen molar-refractivity contribution in [2.24, 2.45) is 0 Å².